The third-order valence-corrected chi connectivity index (χ3v) is 9.59. The smallest absolute Gasteiger partial charge is 0.257 e. The maximum Gasteiger partial charge on any atom is 0.257 e. The van der Waals surface area contributed by atoms with Crippen molar-refractivity contribution in [2.75, 3.05) is 0 Å². The van der Waals surface area contributed by atoms with Gasteiger partial charge in [-0.25, -0.2) is 8.78 Å². The minimum absolute atomic E-state index is 0.0223. The van der Waals surface area contributed by atoms with Crippen LogP contribution in [0.25, 0.3) is 6.08 Å². The number of fused-ring (bicyclic) bond motifs is 6. The molecule has 1 unspecified atom stereocenters. The number of hydrogen-bond donors (Lipinski definition) is 0. The molecular weight excluding hydrogens is 562 g/mol. The molecule has 8 rings (SSSR count). The van der Waals surface area contributed by atoms with E-state index in [0.29, 0.717) is 22.3 Å². The number of likely N-dealkylation sites (tertiary alicyclic amines) is 2. The van der Waals surface area contributed by atoms with Crippen molar-refractivity contribution in [3.8, 4) is 0 Å². The van der Waals surface area contributed by atoms with Crippen molar-refractivity contribution in [1.82, 2.24) is 9.80 Å². The second kappa shape index (κ2) is 9.38. The number of hydrogen-bond acceptors (Lipinski definition) is 4. The highest BCUT2D eigenvalue weighted by molar-refractivity contribution is 6.23. The van der Waals surface area contributed by atoms with Gasteiger partial charge in [0, 0.05) is 11.5 Å². The summed E-state index contributed by atoms with van der Waals surface area (Å²) in [6.07, 6.45) is 1.57. The number of rotatable bonds is 4. The fourth-order valence-electron chi connectivity index (χ4n) is 7.90. The van der Waals surface area contributed by atoms with E-state index in [-0.39, 0.29) is 24.2 Å². The number of nitrogens with zero attached hydrogens (tertiary/aromatic N) is 2. The van der Waals surface area contributed by atoms with Gasteiger partial charge >= 0.3 is 0 Å². The lowest BCUT2D eigenvalue weighted by atomic mass is 9.60. The Morgan fingerprint density at radius 1 is 0.591 bits per heavy atom. The average Bonchev–Trinajstić information content (AvgIpc) is 3.48. The highest BCUT2D eigenvalue weighted by atomic mass is 19.1. The van der Waals surface area contributed by atoms with Gasteiger partial charge in [-0.2, -0.15) is 0 Å². The minimum Gasteiger partial charge on any atom is -0.277 e. The van der Waals surface area contributed by atoms with Crippen molar-refractivity contribution in [2.45, 2.75) is 24.9 Å². The summed E-state index contributed by atoms with van der Waals surface area (Å²) in [7, 11) is 0. The summed E-state index contributed by atoms with van der Waals surface area (Å²) in [4.78, 5) is 60.4. The van der Waals surface area contributed by atoms with Crippen LogP contribution in [-0.4, -0.2) is 33.4 Å². The van der Waals surface area contributed by atoms with Gasteiger partial charge in [-0.1, -0.05) is 72.8 Å². The third kappa shape index (κ3) is 3.45. The number of halogens is 2. The molecule has 2 heterocycles. The molecule has 8 heteroatoms. The van der Waals surface area contributed by atoms with Crippen LogP contribution in [0.3, 0.4) is 0 Å². The van der Waals surface area contributed by atoms with E-state index < -0.39 is 58.4 Å². The molecule has 1 spiro atoms. The van der Waals surface area contributed by atoms with Gasteiger partial charge in [-0.15, -0.1) is 0 Å². The summed E-state index contributed by atoms with van der Waals surface area (Å²) in [6.45, 7) is -0.0861. The van der Waals surface area contributed by atoms with E-state index in [1.807, 2.05) is 12.1 Å². The Balaban J connectivity index is 1.40. The largest absolute Gasteiger partial charge is 0.277 e. The van der Waals surface area contributed by atoms with E-state index in [9.17, 15) is 23.2 Å². The van der Waals surface area contributed by atoms with Crippen molar-refractivity contribution in [2.24, 2.45) is 11.3 Å². The lowest BCUT2D eigenvalue weighted by molar-refractivity contribution is -0.149. The highest BCUT2D eigenvalue weighted by Crippen LogP contribution is 2.69. The maximum absolute atomic E-state index is 15.0. The van der Waals surface area contributed by atoms with Gasteiger partial charge in [0.2, 0.25) is 17.7 Å². The summed E-state index contributed by atoms with van der Waals surface area (Å²) < 4.78 is 29.9. The van der Waals surface area contributed by atoms with Crippen molar-refractivity contribution in [1.29, 1.82) is 0 Å². The summed E-state index contributed by atoms with van der Waals surface area (Å²) in [5.41, 5.74) is 1.23. The molecule has 0 saturated carbocycles. The first kappa shape index (κ1) is 26.4. The summed E-state index contributed by atoms with van der Waals surface area (Å²) in [6, 6.07) is 26.1. The predicted molar refractivity (Wildman–Crippen MR) is 155 cm³/mol. The Hall–Kier alpha value is -5.24. The first-order valence-corrected chi connectivity index (χ1v) is 14.4. The van der Waals surface area contributed by atoms with Gasteiger partial charge in [0.15, 0.2) is 0 Å². The van der Waals surface area contributed by atoms with Gasteiger partial charge in [0.25, 0.3) is 5.91 Å². The van der Waals surface area contributed by atoms with Crippen molar-refractivity contribution < 1.29 is 28.0 Å². The molecule has 2 saturated heterocycles. The average molecular weight is 587 g/mol. The summed E-state index contributed by atoms with van der Waals surface area (Å²) in [5.74, 6) is -7.16. The number of carbonyl (C=O) groups is 4. The normalized spacial score (nSPS) is 24.9. The second-order valence-electron chi connectivity index (χ2n) is 11.8. The zero-order chi connectivity index (χ0) is 30.3. The number of carbonyl (C=O) groups excluding carboxylic acids is 4. The zero-order valence-corrected chi connectivity index (χ0v) is 23.2. The topological polar surface area (TPSA) is 74.8 Å². The van der Waals surface area contributed by atoms with Gasteiger partial charge < -0.3 is 0 Å². The first-order chi connectivity index (χ1) is 21.3. The Morgan fingerprint density at radius 3 is 1.82 bits per heavy atom. The lowest BCUT2D eigenvalue weighted by Gasteiger charge is -2.37. The fraction of sp³-hybridized carbons (Fsp3) is 0.167. The van der Waals surface area contributed by atoms with Gasteiger partial charge in [-0.3, -0.25) is 29.0 Å². The van der Waals surface area contributed by atoms with Crippen LogP contribution in [0.4, 0.5) is 8.78 Å². The van der Waals surface area contributed by atoms with Crippen LogP contribution in [-0.2, 0) is 32.3 Å². The number of benzene rings is 4. The molecule has 44 heavy (non-hydrogen) atoms. The molecule has 216 valence electrons. The molecule has 4 amide bonds. The molecule has 6 nitrogen and oxygen atoms in total. The molecule has 0 N–H and O–H groups in total. The molecule has 4 aromatic carbocycles. The molecule has 2 fully saturated rings. The Labute approximate surface area is 251 Å². The highest BCUT2D eigenvalue weighted by Gasteiger charge is 2.75. The second-order valence-corrected chi connectivity index (χ2v) is 11.8. The monoisotopic (exact) mass is 586 g/mol. The summed E-state index contributed by atoms with van der Waals surface area (Å²) in [5, 5.41) is 0. The van der Waals surface area contributed by atoms with E-state index in [1.165, 1.54) is 36.4 Å². The SMILES string of the molecule is O=C1C2=Cc3ccc(F)cc3[C@@H]3c4ccc(F)cc4[C@H]4C(=O)N(Cc5ccccc5)C(=O)[C@@]34C2C(=O)N1Cc1ccccc1. The van der Waals surface area contributed by atoms with Crippen LogP contribution in [0.15, 0.2) is 103 Å². The van der Waals surface area contributed by atoms with Crippen LogP contribution in [0.2, 0.25) is 0 Å². The van der Waals surface area contributed by atoms with E-state index in [4.69, 9.17) is 0 Å². The lowest BCUT2D eigenvalue weighted by Crippen LogP contribution is -2.47. The van der Waals surface area contributed by atoms with E-state index in [2.05, 4.69) is 0 Å². The molecule has 0 bridgehead atoms. The quantitative estimate of drug-likeness (QED) is 0.303. The third-order valence-electron chi connectivity index (χ3n) is 9.59. The van der Waals surface area contributed by atoms with E-state index in [1.54, 1.807) is 54.6 Å². The molecule has 2 aliphatic carbocycles. The van der Waals surface area contributed by atoms with Crippen LogP contribution >= 0.6 is 0 Å². The van der Waals surface area contributed by atoms with Crippen molar-refractivity contribution in [3.63, 3.8) is 0 Å². The summed E-state index contributed by atoms with van der Waals surface area (Å²) >= 11 is 0. The molecule has 0 radical (unpaired) electrons. The Bertz CT molecular complexity index is 1960. The Morgan fingerprint density at radius 2 is 1.16 bits per heavy atom. The Kier molecular flexibility index (Phi) is 5.63. The van der Waals surface area contributed by atoms with Gasteiger partial charge in [0.1, 0.15) is 11.6 Å². The molecule has 0 aromatic heterocycles. The van der Waals surface area contributed by atoms with E-state index >= 15 is 4.79 Å². The first-order valence-electron chi connectivity index (χ1n) is 14.4. The molecule has 4 aliphatic rings. The zero-order valence-electron chi connectivity index (χ0n) is 23.2. The van der Waals surface area contributed by atoms with Crippen LogP contribution in [0.5, 0.6) is 0 Å². The predicted octanol–water partition coefficient (Wildman–Crippen LogP) is 5.33. The molecule has 4 atom stereocenters. The van der Waals surface area contributed by atoms with E-state index in [0.717, 1.165) is 15.4 Å². The van der Waals surface area contributed by atoms with Crippen LogP contribution < -0.4 is 0 Å². The van der Waals surface area contributed by atoms with Gasteiger partial charge in [-0.05, 0) is 63.7 Å². The molecular formula is C36H24F2N2O4. The molecule has 2 aliphatic heterocycles. The van der Waals surface area contributed by atoms with Crippen LogP contribution in [0.1, 0.15) is 45.2 Å². The fourth-order valence-corrected chi connectivity index (χ4v) is 7.90. The number of amides is 4. The van der Waals surface area contributed by atoms with Crippen molar-refractivity contribution >= 4 is 29.7 Å². The standard InChI is InChI=1S/C36H24F2N2O4/c37-23-12-11-22-15-28-31(33(42)39(32(28)41)18-20-7-3-1-4-8-20)36-29(26(22)16-23)25-14-13-24(38)17-27(25)30(36)34(43)40(35(36)44)19-21-9-5-2-6-10-21/h1-17,29-31H,18-19H2/t29-,30-,31?,36-/m0/s1. The minimum atomic E-state index is -1.84. The maximum atomic E-state index is 15.0. The van der Waals surface area contributed by atoms with Crippen LogP contribution in [0, 0.1) is 23.0 Å². The van der Waals surface area contributed by atoms with Crippen molar-refractivity contribution in [3.05, 3.63) is 148 Å². The molecule has 4 aromatic rings. The number of imide groups is 2. The van der Waals surface area contributed by atoms with Gasteiger partial charge in [0.05, 0.1) is 30.3 Å².